The standard InChI is InChI=1S/C16H19ClN2O/c17-14-6-4-13(5-7-14)16-12-15(20-18-16)8-11-19-9-2-1-3-10-19/h4-7,12H,1-3,8-11H2. The molecule has 2 heterocycles. The summed E-state index contributed by atoms with van der Waals surface area (Å²) in [6.45, 7) is 3.51. The van der Waals surface area contributed by atoms with Gasteiger partial charge >= 0.3 is 0 Å². The largest absolute Gasteiger partial charge is 0.361 e. The van der Waals surface area contributed by atoms with Crippen LogP contribution >= 0.6 is 11.6 Å². The van der Waals surface area contributed by atoms with E-state index in [1.807, 2.05) is 30.3 Å². The van der Waals surface area contributed by atoms with Crippen LogP contribution in [0, 0.1) is 0 Å². The van der Waals surface area contributed by atoms with Crippen LogP contribution in [-0.4, -0.2) is 29.7 Å². The van der Waals surface area contributed by atoms with Crippen LogP contribution in [0.2, 0.25) is 5.02 Å². The van der Waals surface area contributed by atoms with Gasteiger partial charge in [-0.15, -0.1) is 0 Å². The lowest BCUT2D eigenvalue weighted by atomic mass is 10.1. The topological polar surface area (TPSA) is 29.3 Å². The average molecular weight is 291 g/mol. The molecule has 1 aromatic carbocycles. The van der Waals surface area contributed by atoms with Crippen LogP contribution in [0.15, 0.2) is 34.9 Å². The molecule has 3 rings (SSSR count). The molecule has 0 atom stereocenters. The Kier molecular flexibility index (Phi) is 4.38. The molecule has 0 bridgehead atoms. The molecule has 20 heavy (non-hydrogen) atoms. The van der Waals surface area contributed by atoms with Gasteiger partial charge in [0.2, 0.25) is 0 Å². The Morgan fingerprint density at radius 2 is 1.85 bits per heavy atom. The molecule has 1 fully saturated rings. The van der Waals surface area contributed by atoms with E-state index in [0.29, 0.717) is 0 Å². The lowest BCUT2D eigenvalue weighted by Crippen LogP contribution is -2.31. The number of rotatable bonds is 4. The molecule has 1 saturated heterocycles. The minimum absolute atomic E-state index is 0.738. The van der Waals surface area contributed by atoms with Crippen LogP contribution in [0.4, 0.5) is 0 Å². The summed E-state index contributed by atoms with van der Waals surface area (Å²) in [5.41, 5.74) is 1.93. The molecule has 0 saturated carbocycles. The van der Waals surface area contributed by atoms with Gasteiger partial charge in [-0.25, -0.2) is 0 Å². The Balaban J connectivity index is 1.60. The van der Waals surface area contributed by atoms with Crippen molar-refractivity contribution < 1.29 is 4.52 Å². The van der Waals surface area contributed by atoms with Crippen molar-refractivity contribution in [3.05, 3.63) is 41.1 Å². The molecular weight excluding hydrogens is 272 g/mol. The maximum atomic E-state index is 5.89. The molecular formula is C16H19ClN2O. The van der Waals surface area contributed by atoms with Crippen molar-refractivity contribution in [2.24, 2.45) is 0 Å². The van der Waals surface area contributed by atoms with Gasteiger partial charge in [0.15, 0.2) is 0 Å². The third-order valence-corrected chi connectivity index (χ3v) is 4.07. The summed E-state index contributed by atoms with van der Waals surface area (Å²) >= 11 is 5.89. The van der Waals surface area contributed by atoms with E-state index in [1.54, 1.807) is 0 Å². The number of hydrogen-bond donors (Lipinski definition) is 0. The first-order chi connectivity index (χ1) is 9.81. The van der Waals surface area contributed by atoms with Crippen LogP contribution < -0.4 is 0 Å². The number of hydrogen-bond acceptors (Lipinski definition) is 3. The van der Waals surface area contributed by atoms with E-state index in [2.05, 4.69) is 10.1 Å². The van der Waals surface area contributed by atoms with Crippen LogP contribution in [0.5, 0.6) is 0 Å². The van der Waals surface area contributed by atoms with Gasteiger partial charge in [-0.1, -0.05) is 35.3 Å². The van der Waals surface area contributed by atoms with Gasteiger partial charge in [0, 0.05) is 29.6 Å². The zero-order chi connectivity index (χ0) is 13.8. The van der Waals surface area contributed by atoms with Gasteiger partial charge < -0.3 is 9.42 Å². The Labute approximate surface area is 124 Å². The number of benzene rings is 1. The van der Waals surface area contributed by atoms with Crippen molar-refractivity contribution in [3.63, 3.8) is 0 Å². The summed E-state index contributed by atoms with van der Waals surface area (Å²) in [7, 11) is 0. The Hall–Kier alpha value is -1.32. The zero-order valence-corrected chi connectivity index (χ0v) is 12.3. The summed E-state index contributed by atoms with van der Waals surface area (Å²) in [6.07, 6.45) is 4.96. The highest BCUT2D eigenvalue weighted by atomic mass is 35.5. The van der Waals surface area contributed by atoms with E-state index < -0.39 is 0 Å². The van der Waals surface area contributed by atoms with Crippen molar-refractivity contribution in [2.45, 2.75) is 25.7 Å². The lowest BCUT2D eigenvalue weighted by molar-refractivity contribution is 0.224. The van der Waals surface area contributed by atoms with Crippen molar-refractivity contribution in [1.29, 1.82) is 0 Å². The highest BCUT2D eigenvalue weighted by Crippen LogP contribution is 2.21. The van der Waals surface area contributed by atoms with E-state index in [1.165, 1.54) is 32.4 Å². The molecule has 1 aromatic heterocycles. The third-order valence-electron chi connectivity index (χ3n) is 3.82. The first kappa shape index (κ1) is 13.7. The maximum absolute atomic E-state index is 5.89. The average Bonchev–Trinajstić information content (AvgIpc) is 2.96. The van der Waals surface area contributed by atoms with Crippen molar-refractivity contribution in [2.75, 3.05) is 19.6 Å². The lowest BCUT2D eigenvalue weighted by Gasteiger charge is -2.25. The SMILES string of the molecule is Clc1ccc(-c2cc(CCN3CCCCC3)on2)cc1. The van der Waals surface area contributed by atoms with Gasteiger partial charge in [-0.2, -0.15) is 0 Å². The predicted molar refractivity (Wildman–Crippen MR) is 80.9 cm³/mol. The second-order valence-electron chi connectivity index (χ2n) is 5.34. The Bertz CT molecular complexity index is 544. The second-order valence-corrected chi connectivity index (χ2v) is 5.77. The summed E-state index contributed by atoms with van der Waals surface area (Å²) in [5.74, 6) is 0.959. The molecule has 2 aromatic rings. The molecule has 4 heteroatoms. The molecule has 0 spiro atoms. The fourth-order valence-corrected chi connectivity index (χ4v) is 2.76. The van der Waals surface area contributed by atoms with Gasteiger partial charge in [-0.3, -0.25) is 0 Å². The molecule has 0 aliphatic carbocycles. The minimum Gasteiger partial charge on any atom is -0.361 e. The van der Waals surface area contributed by atoms with Crippen molar-refractivity contribution in [1.82, 2.24) is 10.1 Å². The van der Waals surface area contributed by atoms with Crippen LogP contribution in [0.3, 0.4) is 0 Å². The van der Waals surface area contributed by atoms with Crippen LogP contribution in [-0.2, 0) is 6.42 Å². The third kappa shape index (κ3) is 3.41. The molecule has 1 aliphatic heterocycles. The van der Waals surface area contributed by atoms with Crippen LogP contribution in [0.25, 0.3) is 11.3 Å². The van der Waals surface area contributed by atoms with Gasteiger partial charge in [-0.05, 0) is 38.1 Å². The highest BCUT2D eigenvalue weighted by molar-refractivity contribution is 6.30. The summed E-state index contributed by atoms with van der Waals surface area (Å²) in [5, 5.41) is 4.88. The summed E-state index contributed by atoms with van der Waals surface area (Å²) in [6, 6.07) is 9.72. The molecule has 0 N–H and O–H groups in total. The first-order valence-electron chi connectivity index (χ1n) is 7.25. The Morgan fingerprint density at radius 3 is 2.60 bits per heavy atom. The smallest absolute Gasteiger partial charge is 0.138 e. The van der Waals surface area contributed by atoms with Gasteiger partial charge in [0.05, 0.1) is 0 Å². The molecule has 106 valence electrons. The minimum atomic E-state index is 0.738. The number of likely N-dealkylation sites (tertiary alicyclic amines) is 1. The van der Waals surface area contributed by atoms with E-state index in [0.717, 1.165) is 35.0 Å². The number of piperidine rings is 1. The highest BCUT2D eigenvalue weighted by Gasteiger charge is 2.12. The summed E-state index contributed by atoms with van der Waals surface area (Å²) in [4.78, 5) is 2.51. The predicted octanol–water partition coefficient (Wildman–Crippen LogP) is 4.02. The quantitative estimate of drug-likeness (QED) is 0.851. The molecule has 3 nitrogen and oxygen atoms in total. The zero-order valence-electron chi connectivity index (χ0n) is 11.5. The normalized spacial score (nSPS) is 16.4. The molecule has 0 radical (unpaired) electrons. The van der Waals surface area contributed by atoms with E-state index in [4.69, 9.17) is 16.1 Å². The number of halogens is 1. The van der Waals surface area contributed by atoms with E-state index in [-0.39, 0.29) is 0 Å². The molecule has 0 amide bonds. The fraction of sp³-hybridized carbons (Fsp3) is 0.438. The number of aromatic nitrogens is 1. The summed E-state index contributed by atoms with van der Waals surface area (Å²) < 4.78 is 5.43. The Morgan fingerprint density at radius 1 is 1.10 bits per heavy atom. The second kappa shape index (κ2) is 6.42. The van der Waals surface area contributed by atoms with Crippen molar-refractivity contribution in [3.8, 4) is 11.3 Å². The van der Waals surface area contributed by atoms with E-state index >= 15 is 0 Å². The van der Waals surface area contributed by atoms with Gasteiger partial charge in [0.1, 0.15) is 11.5 Å². The van der Waals surface area contributed by atoms with Crippen LogP contribution in [0.1, 0.15) is 25.0 Å². The van der Waals surface area contributed by atoms with E-state index in [9.17, 15) is 0 Å². The maximum Gasteiger partial charge on any atom is 0.138 e. The fourth-order valence-electron chi connectivity index (χ4n) is 2.64. The monoisotopic (exact) mass is 290 g/mol. The van der Waals surface area contributed by atoms with Crippen molar-refractivity contribution >= 4 is 11.6 Å². The number of nitrogens with zero attached hydrogens (tertiary/aromatic N) is 2. The van der Waals surface area contributed by atoms with Gasteiger partial charge in [0.25, 0.3) is 0 Å². The molecule has 1 aliphatic rings. The first-order valence-corrected chi connectivity index (χ1v) is 7.63. The molecule has 0 unspecified atom stereocenters.